The topological polar surface area (TPSA) is 89.1 Å². The van der Waals surface area contributed by atoms with Crippen LogP contribution >= 0.6 is 0 Å². The Morgan fingerprint density at radius 2 is 1.97 bits per heavy atom. The van der Waals surface area contributed by atoms with Crippen molar-refractivity contribution in [3.8, 4) is 5.95 Å². The molecule has 0 spiro atoms. The fourth-order valence-corrected chi connectivity index (χ4v) is 5.48. The van der Waals surface area contributed by atoms with Crippen LogP contribution in [0.4, 0.5) is 11.6 Å². The number of piperidine rings is 1. The van der Waals surface area contributed by atoms with E-state index in [1.165, 1.54) is 30.4 Å². The van der Waals surface area contributed by atoms with Crippen molar-refractivity contribution < 1.29 is 4.79 Å². The highest BCUT2D eigenvalue weighted by Gasteiger charge is 2.35. The van der Waals surface area contributed by atoms with E-state index in [0.29, 0.717) is 24.1 Å². The summed E-state index contributed by atoms with van der Waals surface area (Å²) in [5.74, 6) is 2.12. The van der Waals surface area contributed by atoms with Gasteiger partial charge in [0.15, 0.2) is 0 Å². The highest BCUT2D eigenvalue weighted by molar-refractivity contribution is 6.06. The molecule has 0 bridgehead atoms. The van der Waals surface area contributed by atoms with Crippen LogP contribution in [0.15, 0.2) is 54.6 Å². The summed E-state index contributed by atoms with van der Waals surface area (Å²) in [6.45, 7) is 3.75. The Bertz CT molecular complexity index is 1390. The van der Waals surface area contributed by atoms with Crippen LogP contribution in [0.1, 0.15) is 46.4 Å². The zero-order chi connectivity index (χ0) is 23.2. The third-order valence-corrected chi connectivity index (χ3v) is 7.11. The van der Waals surface area contributed by atoms with Crippen molar-refractivity contribution >= 4 is 28.4 Å². The van der Waals surface area contributed by atoms with Crippen LogP contribution < -0.4 is 16.0 Å². The molecule has 1 fully saturated rings. The first-order chi connectivity index (χ1) is 16.6. The normalized spacial score (nSPS) is 17.0. The van der Waals surface area contributed by atoms with Gasteiger partial charge in [0.1, 0.15) is 11.6 Å². The number of carbonyl (C=O) groups excluding carboxylic acids is 1. The highest BCUT2D eigenvalue weighted by atomic mass is 16.1. The molecule has 34 heavy (non-hydrogen) atoms. The van der Waals surface area contributed by atoms with E-state index < -0.39 is 5.91 Å². The van der Waals surface area contributed by atoms with Crippen molar-refractivity contribution in [2.45, 2.75) is 45.2 Å². The number of rotatable bonds is 5. The Morgan fingerprint density at radius 3 is 2.79 bits per heavy atom. The second kappa shape index (κ2) is 8.17. The molecule has 2 aliphatic rings. The average molecular weight is 453 g/mol. The van der Waals surface area contributed by atoms with Crippen LogP contribution in [0, 0.1) is 6.92 Å². The fraction of sp³-hybridized carbons (Fsp3) is 0.296. The molecule has 0 saturated carbocycles. The SMILES string of the molecule is Cc1cc2c(C(N)=O)cccc2n1-c1nc(NCc2ccccc2)c2c(n1)N1CCCCC1C2. The lowest BCUT2D eigenvalue weighted by molar-refractivity contribution is 0.100. The van der Waals surface area contributed by atoms with Gasteiger partial charge in [0.05, 0.1) is 5.52 Å². The van der Waals surface area contributed by atoms with E-state index in [9.17, 15) is 4.79 Å². The molecule has 172 valence electrons. The van der Waals surface area contributed by atoms with E-state index >= 15 is 0 Å². The van der Waals surface area contributed by atoms with E-state index in [1.807, 2.05) is 35.8 Å². The maximum absolute atomic E-state index is 12.0. The molecular formula is C27H28N6O. The van der Waals surface area contributed by atoms with Gasteiger partial charge in [-0.25, -0.2) is 0 Å². The second-order valence-corrected chi connectivity index (χ2v) is 9.28. The summed E-state index contributed by atoms with van der Waals surface area (Å²) in [5.41, 5.74) is 10.4. The van der Waals surface area contributed by atoms with E-state index in [-0.39, 0.29) is 0 Å². The quantitative estimate of drug-likeness (QED) is 0.470. The number of nitrogens with two attached hydrogens (primary N) is 1. The first-order valence-electron chi connectivity index (χ1n) is 12.0. The third kappa shape index (κ3) is 3.39. The Kier molecular flexibility index (Phi) is 4.98. The minimum Gasteiger partial charge on any atom is -0.366 e. The second-order valence-electron chi connectivity index (χ2n) is 9.28. The molecule has 0 aliphatic carbocycles. The van der Waals surface area contributed by atoms with Crippen molar-refractivity contribution in [1.29, 1.82) is 0 Å². The van der Waals surface area contributed by atoms with Crippen LogP contribution in [-0.2, 0) is 13.0 Å². The maximum atomic E-state index is 12.0. The summed E-state index contributed by atoms with van der Waals surface area (Å²) in [5, 5.41) is 4.43. The smallest absolute Gasteiger partial charge is 0.249 e. The highest BCUT2D eigenvalue weighted by Crippen LogP contribution is 2.40. The molecular weight excluding hydrogens is 424 g/mol. The number of hydrogen-bond acceptors (Lipinski definition) is 5. The lowest BCUT2D eigenvalue weighted by Gasteiger charge is -2.31. The predicted molar refractivity (Wildman–Crippen MR) is 135 cm³/mol. The Labute approximate surface area is 198 Å². The Balaban J connectivity index is 1.49. The molecule has 1 unspecified atom stereocenters. The molecule has 1 atom stereocenters. The van der Waals surface area contributed by atoms with E-state index in [0.717, 1.165) is 41.2 Å². The molecule has 0 radical (unpaired) electrons. The number of nitrogens with zero attached hydrogens (tertiary/aromatic N) is 4. The lowest BCUT2D eigenvalue weighted by Crippen LogP contribution is -2.36. The number of fused-ring (bicyclic) bond motifs is 4. The van der Waals surface area contributed by atoms with Crippen LogP contribution in [0.3, 0.4) is 0 Å². The minimum atomic E-state index is -0.431. The number of anilines is 2. The van der Waals surface area contributed by atoms with E-state index in [1.54, 1.807) is 6.07 Å². The number of carbonyl (C=O) groups is 1. The number of hydrogen-bond donors (Lipinski definition) is 2. The molecule has 6 rings (SSSR count). The summed E-state index contributed by atoms with van der Waals surface area (Å²) in [4.78, 5) is 24.6. The van der Waals surface area contributed by atoms with Gasteiger partial charge in [-0.2, -0.15) is 9.97 Å². The van der Waals surface area contributed by atoms with Gasteiger partial charge in [0, 0.05) is 47.8 Å². The standard InChI is InChI=1S/C27H28N6O/c1-17-14-21-20(24(28)34)11-7-12-23(21)33(17)27-30-25(29-16-18-8-3-2-4-9-18)22-15-19-10-5-6-13-32(19)26(22)31-27/h2-4,7-9,11-12,14,19H,5-6,10,13,15-16H2,1H3,(H2,28,34)(H,29,30,31). The molecule has 3 N–H and O–H groups in total. The van der Waals surface area contributed by atoms with Crippen molar-refractivity contribution in [3.05, 3.63) is 77.0 Å². The number of aromatic nitrogens is 3. The molecule has 2 aromatic heterocycles. The van der Waals surface area contributed by atoms with Gasteiger partial charge in [-0.1, -0.05) is 36.4 Å². The van der Waals surface area contributed by atoms with E-state index in [4.69, 9.17) is 15.7 Å². The minimum absolute atomic E-state index is 0.431. The summed E-state index contributed by atoms with van der Waals surface area (Å²) < 4.78 is 2.03. The van der Waals surface area contributed by atoms with Crippen LogP contribution in [0.2, 0.25) is 0 Å². The van der Waals surface area contributed by atoms with Crippen molar-refractivity contribution in [1.82, 2.24) is 14.5 Å². The zero-order valence-corrected chi connectivity index (χ0v) is 19.3. The summed E-state index contributed by atoms with van der Waals surface area (Å²) in [7, 11) is 0. The van der Waals surface area contributed by atoms with Crippen molar-refractivity contribution in [2.75, 3.05) is 16.8 Å². The number of aryl methyl sites for hydroxylation is 1. The molecule has 1 saturated heterocycles. The maximum Gasteiger partial charge on any atom is 0.249 e. The van der Waals surface area contributed by atoms with Crippen molar-refractivity contribution in [2.24, 2.45) is 5.73 Å². The van der Waals surface area contributed by atoms with Gasteiger partial charge in [0.2, 0.25) is 11.9 Å². The molecule has 4 heterocycles. The Hall–Kier alpha value is -3.87. The number of primary amides is 1. The lowest BCUT2D eigenvalue weighted by atomic mass is 10.0. The molecule has 2 aromatic carbocycles. The largest absolute Gasteiger partial charge is 0.366 e. The van der Waals surface area contributed by atoms with E-state index in [2.05, 4.69) is 34.5 Å². The van der Waals surface area contributed by atoms with Gasteiger partial charge in [-0.05, 0) is 49.9 Å². The van der Waals surface area contributed by atoms with Gasteiger partial charge in [-0.3, -0.25) is 9.36 Å². The average Bonchev–Trinajstić information content (AvgIpc) is 3.39. The fourth-order valence-electron chi connectivity index (χ4n) is 5.48. The number of amides is 1. The van der Waals surface area contributed by atoms with Gasteiger partial charge >= 0.3 is 0 Å². The molecule has 1 amide bonds. The summed E-state index contributed by atoms with van der Waals surface area (Å²) in [6, 6.07) is 18.5. The third-order valence-electron chi connectivity index (χ3n) is 7.11. The molecule has 7 nitrogen and oxygen atoms in total. The zero-order valence-electron chi connectivity index (χ0n) is 19.3. The van der Waals surface area contributed by atoms with Gasteiger partial charge in [0.25, 0.3) is 0 Å². The van der Waals surface area contributed by atoms with Crippen LogP contribution in [-0.4, -0.2) is 33.0 Å². The first kappa shape index (κ1) is 20.7. The molecule has 7 heteroatoms. The summed E-state index contributed by atoms with van der Waals surface area (Å²) in [6.07, 6.45) is 4.62. The number of benzene rings is 2. The first-order valence-corrected chi connectivity index (χ1v) is 12.0. The van der Waals surface area contributed by atoms with Gasteiger partial charge in [-0.15, -0.1) is 0 Å². The van der Waals surface area contributed by atoms with Crippen molar-refractivity contribution in [3.63, 3.8) is 0 Å². The van der Waals surface area contributed by atoms with Gasteiger partial charge < -0.3 is 16.0 Å². The van der Waals surface area contributed by atoms with Crippen LogP contribution in [0.25, 0.3) is 16.9 Å². The molecule has 2 aliphatic heterocycles. The summed E-state index contributed by atoms with van der Waals surface area (Å²) >= 11 is 0. The number of nitrogens with one attached hydrogen (secondary N) is 1. The molecule has 4 aromatic rings. The monoisotopic (exact) mass is 452 g/mol. The predicted octanol–water partition coefficient (Wildman–Crippen LogP) is 4.35. The Morgan fingerprint density at radius 1 is 1.12 bits per heavy atom. The van der Waals surface area contributed by atoms with Crippen LogP contribution in [0.5, 0.6) is 0 Å².